The van der Waals surface area contributed by atoms with E-state index in [1.807, 2.05) is 20.8 Å². The molecule has 0 bridgehead atoms. The number of pyridine rings is 1. The third-order valence-electron chi connectivity index (χ3n) is 11.9. The first kappa shape index (κ1) is 39.6. The number of benzene rings is 1. The maximum atomic E-state index is 15.7. The Hall–Kier alpha value is -6.18. The Morgan fingerprint density at radius 1 is 0.915 bits per heavy atom. The molecule has 0 saturated carbocycles. The summed E-state index contributed by atoms with van der Waals surface area (Å²) >= 11 is 0. The second-order valence-electron chi connectivity index (χ2n) is 15.9. The molecule has 19 nitrogen and oxygen atoms in total. The van der Waals surface area contributed by atoms with Crippen LogP contribution in [0.5, 0.6) is 0 Å². The fourth-order valence-corrected chi connectivity index (χ4v) is 8.60. The summed E-state index contributed by atoms with van der Waals surface area (Å²) in [6.07, 6.45) is 4.83. The van der Waals surface area contributed by atoms with Gasteiger partial charge in [-0.3, -0.25) is 29.4 Å². The fourth-order valence-electron chi connectivity index (χ4n) is 8.60. The normalized spacial score (nSPS) is 22.8. The van der Waals surface area contributed by atoms with Crippen LogP contribution < -0.4 is 36.4 Å². The lowest BCUT2D eigenvalue weighted by Gasteiger charge is -2.37. The van der Waals surface area contributed by atoms with Gasteiger partial charge in [0.05, 0.1) is 23.6 Å². The van der Waals surface area contributed by atoms with Crippen molar-refractivity contribution in [3.8, 4) is 0 Å². The van der Waals surface area contributed by atoms with Crippen molar-refractivity contribution in [3.63, 3.8) is 0 Å². The summed E-state index contributed by atoms with van der Waals surface area (Å²) in [4.78, 5) is 82.2. The number of nitrogens with two attached hydrogens (primary N) is 1. The van der Waals surface area contributed by atoms with Gasteiger partial charge in [0.15, 0.2) is 11.5 Å². The summed E-state index contributed by atoms with van der Waals surface area (Å²) in [5.41, 5.74) is 7.46. The van der Waals surface area contributed by atoms with Crippen molar-refractivity contribution < 1.29 is 28.4 Å². The Morgan fingerprint density at radius 3 is 2.46 bits per heavy atom. The van der Waals surface area contributed by atoms with Crippen LogP contribution in [0.4, 0.5) is 38.0 Å². The summed E-state index contributed by atoms with van der Waals surface area (Å²) in [5.74, 6) is -1.72. The van der Waals surface area contributed by atoms with Crippen LogP contribution in [0.15, 0.2) is 36.5 Å². The predicted octanol–water partition coefficient (Wildman–Crippen LogP) is 0.768. The second-order valence-corrected chi connectivity index (χ2v) is 15.9. The van der Waals surface area contributed by atoms with Gasteiger partial charge < -0.3 is 40.9 Å². The summed E-state index contributed by atoms with van der Waals surface area (Å²) in [7, 11) is 1.79. The first-order valence-electron chi connectivity index (χ1n) is 20.2. The summed E-state index contributed by atoms with van der Waals surface area (Å²) in [6.45, 7) is 8.05. The topological polar surface area (TPSA) is 218 Å². The lowest BCUT2D eigenvalue weighted by Crippen LogP contribution is -2.52. The number of likely N-dealkylation sites (N-methyl/N-ethyl adjacent to an activating group) is 1. The first-order valence-corrected chi connectivity index (χ1v) is 20.2. The van der Waals surface area contributed by atoms with Gasteiger partial charge in [-0.15, -0.1) is 10.2 Å². The molecule has 7 heterocycles. The van der Waals surface area contributed by atoms with Gasteiger partial charge in [0.2, 0.25) is 17.8 Å². The van der Waals surface area contributed by atoms with Gasteiger partial charge in [0.1, 0.15) is 17.6 Å². The van der Waals surface area contributed by atoms with Gasteiger partial charge >= 0.3 is 6.03 Å². The van der Waals surface area contributed by atoms with Crippen LogP contribution >= 0.6 is 0 Å². The molecule has 3 aromatic rings. The number of imide groups is 1. The highest BCUT2D eigenvalue weighted by Crippen LogP contribution is 2.29. The number of amides is 6. The lowest BCUT2D eigenvalue weighted by atomic mass is 10.0. The first-order chi connectivity index (χ1) is 28.5. The fraction of sp³-hybridized carbons (Fsp3) is 0.513. The molecule has 5 fully saturated rings. The number of nitrogens with one attached hydrogen (secondary N) is 3. The molecular formula is C39H49FN14O5. The minimum absolute atomic E-state index is 0.00153. The molecule has 59 heavy (non-hydrogen) atoms. The zero-order valence-corrected chi connectivity index (χ0v) is 33.0. The van der Waals surface area contributed by atoms with E-state index in [1.165, 1.54) is 6.07 Å². The Balaban J connectivity index is 0.823. The van der Waals surface area contributed by atoms with Crippen LogP contribution in [0.2, 0.25) is 0 Å². The number of primary amides is 1. The molecule has 1 unspecified atom stereocenters. The van der Waals surface area contributed by atoms with Crippen LogP contribution in [-0.4, -0.2) is 156 Å². The zero-order valence-electron chi connectivity index (χ0n) is 33.0. The van der Waals surface area contributed by atoms with Crippen molar-refractivity contribution in [1.82, 2.24) is 45.5 Å². The van der Waals surface area contributed by atoms with Crippen LogP contribution in [0.3, 0.4) is 0 Å². The molecule has 3 atom stereocenters. The van der Waals surface area contributed by atoms with Crippen LogP contribution in [0.25, 0.3) is 0 Å². The lowest BCUT2D eigenvalue weighted by molar-refractivity contribution is -0.134. The number of nitrogens with zero attached hydrogens (tertiary/aromatic N) is 10. The minimum Gasteiger partial charge on any atom is -0.370 e. The average Bonchev–Trinajstić information content (AvgIpc) is 3.84. The monoisotopic (exact) mass is 812 g/mol. The average molecular weight is 813 g/mol. The molecule has 5 saturated heterocycles. The molecule has 312 valence electrons. The molecule has 5 N–H and O–H groups in total. The third-order valence-corrected chi connectivity index (χ3v) is 11.9. The largest absolute Gasteiger partial charge is 0.370 e. The van der Waals surface area contributed by atoms with Crippen molar-refractivity contribution >= 4 is 58.5 Å². The quantitative estimate of drug-likeness (QED) is 0.197. The standard InChI is InChI=1S/C39H49FN14O5/c1-49-13-18-54(39(49)59)27-3-2-11-53(23-27)38-46-35(33(34(41)56)47-48-38)43-25-4-8-31(28(40)19-25)51-16-14-50(15-17-51)21-24-10-12-52(22-24)26-5-6-29(42-20-26)36(57)44-30-7-9-32(55)45-37(30)58/h4-6,8,19-20,24,27,30H,2-3,7,9-18,21-23H2,1H3,(H2,41,56)(H,44,57)(H,43,46,48)(H,45,55,58)/t24?,27-,30+/m1/s1. The van der Waals surface area contributed by atoms with Gasteiger partial charge in [-0.05, 0) is 61.9 Å². The van der Waals surface area contributed by atoms with E-state index in [4.69, 9.17) is 5.73 Å². The van der Waals surface area contributed by atoms with E-state index in [-0.39, 0.29) is 48.0 Å². The molecule has 1 aromatic carbocycles. The summed E-state index contributed by atoms with van der Waals surface area (Å²) in [5, 5.41) is 16.2. The Bertz CT molecular complexity index is 2100. The number of carbonyl (C=O) groups excluding carboxylic acids is 5. The van der Waals surface area contributed by atoms with E-state index in [2.05, 4.69) is 45.9 Å². The highest BCUT2D eigenvalue weighted by atomic mass is 19.1. The van der Waals surface area contributed by atoms with Crippen LogP contribution in [-0.2, 0) is 9.59 Å². The minimum atomic E-state index is -0.816. The summed E-state index contributed by atoms with van der Waals surface area (Å²) < 4.78 is 15.7. The molecule has 0 radical (unpaired) electrons. The van der Waals surface area contributed by atoms with Crippen molar-refractivity contribution in [2.24, 2.45) is 11.7 Å². The number of piperidine rings is 2. The molecule has 8 rings (SSSR count). The number of piperazine rings is 1. The predicted molar refractivity (Wildman–Crippen MR) is 215 cm³/mol. The molecule has 20 heteroatoms. The van der Waals surface area contributed by atoms with Crippen LogP contribution in [0.1, 0.15) is 53.1 Å². The number of aromatic nitrogens is 4. The van der Waals surface area contributed by atoms with Gasteiger partial charge in [-0.25, -0.2) is 14.2 Å². The number of hydrogen-bond acceptors (Lipinski definition) is 14. The Morgan fingerprint density at radius 2 is 1.75 bits per heavy atom. The highest BCUT2D eigenvalue weighted by molar-refractivity contribution is 6.03. The van der Waals surface area contributed by atoms with Crippen LogP contribution in [0, 0.1) is 11.7 Å². The van der Waals surface area contributed by atoms with Crippen molar-refractivity contribution in [2.75, 3.05) is 99.1 Å². The molecule has 2 aromatic heterocycles. The van der Waals surface area contributed by atoms with E-state index in [0.29, 0.717) is 62.5 Å². The summed E-state index contributed by atoms with van der Waals surface area (Å²) in [6, 6.07) is 7.60. The number of carbonyl (C=O) groups is 5. The van der Waals surface area contributed by atoms with Crippen molar-refractivity contribution in [1.29, 1.82) is 0 Å². The van der Waals surface area contributed by atoms with Crippen molar-refractivity contribution in [2.45, 2.75) is 44.2 Å². The van der Waals surface area contributed by atoms with Gasteiger partial charge in [0.25, 0.3) is 11.8 Å². The molecule has 0 spiro atoms. The third kappa shape index (κ3) is 8.81. The van der Waals surface area contributed by atoms with E-state index >= 15 is 4.39 Å². The smallest absolute Gasteiger partial charge is 0.320 e. The number of anilines is 5. The Kier molecular flexibility index (Phi) is 11.4. The Labute approximate surface area is 340 Å². The molecule has 5 aliphatic rings. The molecular weight excluding hydrogens is 764 g/mol. The van der Waals surface area contributed by atoms with E-state index < -0.39 is 29.6 Å². The SMILES string of the molecule is CN1CCN([C@@H]2CCCN(c3nnc(C(N)=O)c(Nc4ccc(N5CCN(CC6CCN(c7ccc(C(=O)N[C@H]8CCC(=O)NC8=O)nc7)C6)CC5)c(F)c4)n3)C2)C1=O. The zero-order chi connectivity index (χ0) is 41.2. The maximum Gasteiger partial charge on any atom is 0.320 e. The molecule has 6 amide bonds. The number of urea groups is 1. The second kappa shape index (κ2) is 17.0. The van der Waals surface area contributed by atoms with Crippen molar-refractivity contribution in [3.05, 3.63) is 53.7 Å². The number of hydrogen-bond donors (Lipinski definition) is 4. The number of halogens is 1. The highest BCUT2D eigenvalue weighted by Gasteiger charge is 2.35. The van der Waals surface area contributed by atoms with E-state index in [9.17, 15) is 24.0 Å². The van der Waals surface area contributed by atoms with Gasteiger partial charge in [-0.2, -0.15) is 4.98 Å². The van der Waals surface area contributed by atoms with Gasteiger partial charge in [0, 0.05) is 91.1 Å². The number of rotatable bonds is 11. The van der Waals surface area contributed by atoms with Gasteiger partial charge in [-0.1, -0.05) is 0 Å². The van der Waals surface area contributed by atoms with E-state index in [1.54, 1.807) is 36.3 Å². The molecule has 0 aliphatic carbocycles. The maximum absolute atomic E-state index is 15.7. The van der Waals surface area contributed by atoms with E-state index in [0.717, 1.165) is 57.7 Å². The molecule has 5 aliphatic heterocycles.